The Balaban J connectivity index is 2.73. The van der Waals surface area contributed by atoms with Crippen molar-refractivity contribution in [2.24, 2.45) is 0 Å². The van der Waals surface area contributed by atoms with E-state index in [0.717, 1.165) is 5.56 Å². The molecule has 0 bridgehead atoms. The molecule has 0 heterocycles. The lowest BCUT2D eigenvalue weighted by Crippen LogP contribution is -2.27. The van der Waals surface area contributed by atoms with Crippen LogP contribution in [0, 0.1) is 15.0 Å². The lowest BCUT2D eigenvalue weighted by atomic mass is 9.86. The zero-order chi connectivity index (χ0) is 16.0. The van der Waals surface area contributed by atoms with Crippen LogP contribution in [0.5, 0.6) is 0 Å². The van der Waals surface area contributed by atoms with Gasteiger partial charge in [0.05, 0.1) is 4.91 Å². The van der Waals surface area contributed by atoms with E-state index in [1.54, 1.807) is 0 Å². The van der Waals surface area contributed by atoms with E-state index < -0.39 is 11.2 Å². The molecule has 0 saturated carbocycles. The van der Waals surface area contributed by atoms with Crippen molar-refractivity contribution >= 4 is 0 Å². The summed E-state index contributed by atoms with van der Waals surface area (Å²) in [5, 5.41) is 9.59. The van der Waals surface area contributed by atoms with Crippen molar-refractivity contribution in [2.45, 2.75) is 38.7 Å². The van der Waals surface area contributed by atoms with Gasteiger partial charge < -0.3 is 4.84 Å². The summed E-state index contributed by atoms with van der Waals surface area (Å²) in [6.45, 7) is 6.15. The predicted molar refractivity (Wildman–Crippen MR) is 76.2 cm³/mol. The van der Waals surface area contributed by atoms with E-state index in [-0.39, 0.29) is 16.9 Å². The highest BCUT2D eigenvalue weighted by atomic mass is 17.0. The van der Waals surface area contributed by atoms with Crippen LogP contribution in [-0.4, -0.2) is 29.8 Å². The number of hydrogen-bond donors (Lipinski definition) is 0. The third kappa shape index (κ3) is 6.20. The van der Waals surface area contributed by atoms with E-state index in [4.69, 9.17) is 4.84 Å². The first-order valence-electron chi connectivity index (χ1n) is 6.63. The van der Waals surface area contributed by atoms with Gasteiger partial charge in [0.25, 0.3) is 5.09 Å². The van der Waals surface area contributed by atoms with Crippen LogP contribution in [0.25, 0.3) is 0 Å². The van der Waals surface area contributed by atoms with Crippen molar-refractivity contribution in [2.75, 3.05) is 13.7 Å². The van der Waals surface area contributed by atoms with Gasteiger partial charge in [-0.15, -0.1) is 10.1 Å². The highest BCUT2D eigenvalue weighted by molar-refractivity contribution is 5.27. The minimum atomic E-state index is -0.873. The molecule has 1 aromatic rings. The average Bonchev–Trinajstić information content (AvgIpc) is 2.35. The second-order valence-electron chi connectivity index (χ2n) is 5.84. The second-order valence-corrected chi connectivity index (χ2v) is 5.84. The van der Waals surface area contributed by atoms with Gasteiger partial charge in [0, 0.05) is 6.42 Å². The van der Waals surface area contributed by atoms with Gasteiger partial charge in [-0.2, -0.15) is 0 Å². The van der Waals surface area contributed by atoms with Crippen molar-refractivity contribution in [3.05, 3.63) is 50.4 Å². The van der Waals surface area contributed by atoms with Crippen LogP contribution in [0.15, 0.2) is 24.3 Å². The Morgan fingerprint density at radius 2 is 1.76 bits per heavy atom. The van der Waals surface area contributed by atoms with Crippen LogP contribution in [0.4, 0.5) is 0 Å². The van der Waals surface area contributed by atoms with Crippen molar-refractivity contribution in [1.82, 2.24) is 0 Å². The molecule has 0 fully saturated rings. The van der Waals surface area contributed by atoms with E-state index >= 15 is 0 Å². The topological polar surface area (TPSA) is 81.7 Å². The van der Waals surface area contributed by atoms with Crippen LogP contribution < -0.4 is 0 Å². The molecular formula is C14H21N2O5+. The summed E-state index contributed by atoms with van der Waals surface area (Å²) in [6, 6.07) is 7.77. The molecule has 1 rings (SSSR count). The summed E-state index contributed by atoms with van der Waals surface area (Å²) >= 11 is 0. The van der Waals surface area contributed by atoms with E-state index in [1.807, 2.05) is 24.3 Å². The summed E-state index contributed by atoms with van der Waals surface area (Å²) in [5.74, 6) is 0. The van der Waals surface area contributed by atoms with Crippen LogP contribution in [0.3, 0.4) is 0 Å². The zero-order valence-corrected chi connectivity index (χ0v) is 12.7. The summed E-state index contributed by atoms with van der Waals surface area (Å²) in [4.78, 5) is 30.7. The smallest absolute Gasteiger partial charge is 0.294 e. The van der Waals surface area contributed by atoms with Gasteiger partial charge >= 0.3 is 0 Å². The maximum Gasteiger partial charge on any atom is 0.294 e. The minimum Gasteiger partial charge on any atom is -0.306 e. The first-order chi connectivity index (χ1) is 9.68. The molecule has 0 saturated heterocycles. The number of rotatable bonds is 7. The summed E-state index contributed by atoms with van der Waals surface area (Å²) in [7, 11) is 1.17. The molecule has 116 valence electrons. The molecule has 21 heavy (non-hydrogen) atoms. The Bertz CT molecular complexity index is 493. The van der Waals surface area contributed by atoms with Crippen molar-refractivity contribution in [3.63, 3.8) is 0 Å². The molecule has 0 aromatic heterocycles. The third-order valence-electron chi connectivity index (χ3n) is 2.96. The Kier molecular flexibility index (Phi) is 5.63. The minimum absolute atomic E-state index is 0.0453. The maximum absolute atomic E-state index is 10.7. The first-order valence-corrected chi connectivity index (χ1v) is 6.63. The van der Waals surface area contributed by atoms with Crippen molar-refractivity contribution in [1.29, 1.82) is 0 Å². The molecule has 0 aliphatic rings. The molecule has 7 nitrogen and oxygen atoms in total. The van der Waals surface area contributed by atoms with Gasteiger partial charge in [0.15, 0.2) is 12.7 Å². The lowest BCUT2D eigenvalue weighted by Gasteiger charge is -2.19. The van der Waals surface area contributed by atoms with Gasteiger partial charge in [-0.3, -0.25) is 0 Å². The average molecular weight is 297 g/mol. The molecule has 1 unspecified atom stereocenters. The molecule has 0 aliphatic heterocycles. The van der Waals surface area contributed by atoms with Crippen LogP contribution in [-0.2, 0) is 21.5 Å². The quantitative estimate of drug-likeness (QED) is 0.570. The Hall–Kier alpha value is -2.18. The highest BCUT2D eigenvalue weighted by Gasteiger charge is 2.19. The standard InChI is InChI=1S/C14H21N2O5/c1-14(2,3)12-7-5-11(6-8-12)9-13(21-16(18)19)10-20-15(4)17/h5-8,13H,9-10H2,1-4H3/q+1. The lowest BCUT2D eigenvalue weighted by molar-refractivity contribution is -0.803. The molecular weight excluding hydrogens is 276 g/mol. The molecule has 0 aliphatic carbocycles. The largest absolute Gasteiger partial charge is 0.306 e. The second kappa shape index (κ2) is 7.01. The van der Waals surface area contributed by atoms with Crippen LogP contribution in [0.1, 0.15) is 31.9 Å². The van der Waals surface area contributed by atoms with Gasteiger partial charge in [-0.05, 0) is 16.5 Å². The summed E-state index contributed by atoms with van der Waals surface area (Å²) in [5.41, 5.74) is 2.10. The molecule has 1 atom stereocenters. The fourth-order valence-corrected chi connectivity index (χ4v) is 1.84. The van der Waals surface area contributed by atoms with Gasteiger partial charge in [0.1, 0.15) is 0 Å². The monoisotopic (exact) mass is 297 g/mol. The van der Waals surface area contributed by atoms with Crippen molar-refractivity contribution < 1.29 is 19.7 Å². The molecule has 7 heteroatoms. The third-order valence-corrected chi connectivity index (χ3v) is 2.96. The maximum atomic E-state index is 10.7. The molecule has 0 amide bonds. The van der Waals surface area contributed by atoms with Crippen LogP contribution in [0.2, 0.25) is 0 Å². The molecule has 0 radical (unpaired) electrons. The fraction of sp³-hybridized carbons (Fsp3) is 0.571. The zero-order valence-electron chi connectivity index (χ0n) is 12.7. The Morgan fingerprint density at radius 1 is 1.19 bits per heavy atom. The number of nitrogens with zero attached hydrogens (tertiary/aromatic N) is 2. The Morgan fingerprint density at radius 3 is 2.19 bits per heavy atom. The van der Waals surface area contributed by atoms with E-state index in [0.29, 0.717) is 6.42 Å². The Labute approximate surface area is 123 Å². The van der Waals surface area contributed by atoms with Gasteiger partial charge in [-0.25, -0.2) is 4.84 Å². The summed E-state index contributed by atoms with van der Waals surface area (Å²) in [6.07, 6.45) is -0.531. The molecule has 0 N–H and O–H groups in total. The number of hydrogen-bond acceptors (Lipinski definition) is 5. The molecule has 1 aromatic carbocycles. The molecule has 0 spiro atoms. The van der Waals surface area contributed by atoms with E-state index in [2.05, 4.69) is 25.6 Å². The SMILES string of the molecule is C[N+](=O)OCC(Cc1ccc(C(C)(C)C)cc1)O[N+](=O)[O-]. The van der Waals surface area contributed by atoms with E-state index in [1.165, 1.54) is 12.6 Å². The van der Waals surface area contributed by atoms with E-state index in [9.17, 15) is 15.0 Å². The normalized spacial score (nSPS) is 12.6. The van der Waals surface area contributed by atoms with Crippen LogP contribution >= 0.6 is 0 Å². The summed E-state index contributed by atoms with van der Waals surface area (Å²) < 4.78 is 0. The predicted octanol–water partition coefficient (Wildman–Crippen LogP) is 2.44. The first kappa shape index (κ1) is 16.9. The van der Waals surface area contributed by atoms with Gasteiger partial charge in [-0.1, -0.05) is 45.0 Å². The van der Waals surface area contributed by atoms with Crippen molar-refractivity contribution in [3.8, 4) is 0 Å². The number of benzene rings is 1. The van der Waals surface area contributed by atoms with Gasteiger partial charge in [0.2, 0.25) is 12.0 Å². The fourth-order valence-electron chi connectivity index (χ4n) is 1.84. The highest BCUT2D eigenvalue weighted by Crippen LogP contribution is 2.22.